The lowest BCUT2D eigenvalue weighted by molar-refractivity contribution is -0.156. The number of pyridine rings is 1. The number of amides is 1. The largest absolute Gasteiger partial charge is 0.418 e. The average molecular weight is 542 g/mol. The number of anilines is 2. The lowest BCUT2D eigenvalue weighted by Gasteiger charge is -2.25. The Bertz CT molecular complexity index is 1130. The lowest BCUT2D eigenvalue weighted by atomic mass is 9.80. The number of benzene rings is 1. The van der Waals surface area contributed by atoms with Crippen LogP contribution in [0.5, 0.6) is 0 Å². The fourth-order valence-corrected chi connectivity index (χ4v) is 3.93. The molecule has 1 atom stereocenters. The summed E-state index contributed by atoms with van der Waals surface area (Å²) in [6, 6.07) is 3.33. The van der Waals surface area contributed by atoms with Crippen LogP contribution >= 0.6 is 11.6 Å². The zero-order chi connectivity index (χ0) is 26.7. The molecule has 3 rings (SSSR count). The van der Waals surface area contributed by atoms with E-state index in [-0.39, 0.29) is 42.6 Å². The van der Waals surface area contributed by atoms with Crippen LogP contribution in [0.15, 0.2) is 30.5 Å². The number of rotatable bonds is 8. The van der Waals surface area contributed by atoms with E-state index in [1.165, 1.54) is 6.07 Å². The molecule has 0 bridgehead atoms. The van der Waals surface area contributed by atoms with Gasteiger partial charge in [0.1, 0.15) is 18.0 Å². The van der Waals surface area contributed by atoms with Crippen LogP contribution in [0.2, 0.25) is 5.02 Å². The smallest absolute Gasteiger partial charge is 0.380 e. The molecule has 1 aromatic carbocycles. The van der Waals surface area contributed by atoms with E-state index in [0.29, 0.717) is 6.07 Å². The highest BCUT2D eigenvalue weighted by Crippen LogP contribution is 2.37. The monoisotopic (exact) mass is 541 g/mol. The summed E-state index contributed by atoms with van der Waals surface area (Å²) in [7, 11) is 0. The van der Waals surface area contributed by atoms with Gasteiger partial charge in [-0.25, -0.2) is 4.39 Å². The van der Waals surface area contributed by atoms with Crippen LogP contribution in [0, 0.1) is 11.2 Å². The van der Waals surface area contributed by atoms with Crippen LogP contribution in [-0.4, -0.2) is 36.1 Å². The summed E-state index contributed by atoms with van der Waals surface area (Å²) in [5.41, 5.74) is -2.98. The van der Waals surface area contributed by atoms with Crippen molar-refractivity contribution in [3.8, 4) is 0 Å². The minimum Gasteiger partial charge on any atom is -0.380 e. The highest BCUT2D eigenvalue weighted by atomic mass is 35.5. The van der Waals surface area contributed by atoms with E-state index >= 15 is 0 Å². The van der Waals surface area contributed by atoms with Gasteiger partial charge in [0.15, 0.2) is 0 Å². The number of hydrogen-bond donors (Lipinski definition) is 2. The van der Waals surface area contributed by atoms with Crippen molar-refractivity contribution in [1.82, 2.24) is 10.3 Å². The van der Waals surface area contributed by atoms with E-state index in [4.69, 9.17) is 16.3 Å². The molecule has 0 spiro atoms. The zero-order valence-corrected chi connectivity index (χ0v) is 19.1. The van der Waals surface area contributed by atoms with E-state index in [1.807, 2.05) is 0 Å². The minimum absolute atomic E-state index is 0.0409. The molecule has 2 N–H and O–H groups in total. The van der Waals surface area contributed by atoms with Crippen LogP contribution in [-0.2, 0) is 27.0 Å². The molecule has 2 heterocycles. The van der Waals surface area contributed by atoms with E-state index in [1.54, 1.807) is 0 Å². The van der Waals surface area contributed by atoms with Gasteiger partial charge in [0, 0.05) is 13.0 Å². The van der Waals surface area contributed by atoms with Crippen LogP contribution in [0.25, 0.3) is 0 Å². The molecule has 1 saturated heterocycles. The number of ketones is 1. The molecular formula is C22H19ClF7N3O3. The third-order valence-corrected chi connectivity index (χ3v) is 5.75. The molecule has 196 valence electrons. The molecule has 6 nitrogen and oxygen atoms in total. The van der Waals surface area contributed by atoms with Crippen LogP contribution < -0.4 is 10.6 Å². The lowest BCUT2D eigenvalue weighted by Crippen LogP contribution is -2.43. The SMILES string of the molecule is O=C(CC(F)(F)F)C[C@@]1(C(=O)NCc2ncc(Nc3ccc(F)cc3C(F)(F)F)cc2Cl)CCOC1. The normalized spacial score (nSPS) is 18.2. The fourth-order valence-electron chi connectivity index (χ4n) is 3.70. The van der Waals surface area contributed by atoms with E-state index in [9.17, 15) is 40.3 Å². The predicted octanol–water partition coefficient (Wildman–Crippen LogP) is 5.57. The van der Waals surface area contributed by atoms with Crippen LogP contribution in [0.1, 0.15) is 30.5 Å². The number of nitrogens with one attached hydrogen (secondary N) is 2. The summed E-state index contributed by atoms with van der Waals surface area (Å²) in [5.74, 6) is -2.92. The third kappa shape index (κ3) is 7.06. The summed E-state index contributed by atoms with van der Waals surface area (Å²) in [6.07, 6.45) is -10.6. The molecule has 1 aromatic heterocycles. The number of Topliss-reactive ketones (excluding diaryl/α,β-unsaturated/α-hetero) is 1. The van der Waals surface area contributed by atoms with Crippen molar-refractivity contribution in [2.45, 2.75) is 38.2 Å². The Morgan fingerprint density at radius 3 is 2.44 bits per heavy atom. The molecule has 2 aromatic rings. The first kappa shape index (κ1) is 27.7. The van der Waals surface area contributed by atoms with Crippen molar-refractivity contribution < 1.29 is 45.1 Å². The molecule has 14 heteroatoms. The quantitative estimate of drug-likeness (QED) is 0.427. The van der Waals surface area contributed by atoms with Gasteiger partial charge in [0.05, 0.1) is 52.4 Å². The van der Waals surface area contributed by atoms with Gasteiger partial charge in [-0.2, -0.15) is 26.3 Å². The van der Waals surface area contributed by atoms with Crippen molar-refractivity contribution in [1.29, 1.82) is 0 Å². The molecule has 36 heavy (non-hydrogen) atoms. The fraction of sp³-hybridized carbons (Fsp3) is 0.409. The summed E-state index contributed by atoms with van der Waals surface area (Å²) in [6.45, 7) is -0.404. The number of halogens is 8. The number of carbonyl (C=O) groups is 2. The van der Waals surface area contributed by atoms with Crippen LogP contribution in [0.3, 0.4) is 0 Å². The summed E-state index contributed by atoms with van der Waals surface area (Å²) in [4.78, 5) is 28.6. The van der Waals surface area contributed by atoms with Crippen molar-refractivity contribution >= 4 is 34.7 Å². The third-order valence-electron chi connectivity index (χ3n) is 5.42. The molecule has 0 aliphatic carbocycles. The second-order valence-corrected chi connectivity index (χ2v) is 8.65. The molecule has 0 saturated carbocycles. The molecule has 1 fully saturated rings. The van der Waals surface area contributed by atoms with Gasteiger partial charge in [-0.3, -0.25) is 14.6 Å². The van der Waals surface area contributed by atoms with E-state index in [0.717, 1.165) is 18.3 Å². The van der Waals surface area contributed by atoms with Gasteiger partial charge in [0.2, 0.25) is 5.91 Å². The number of nitrogens with zero attached hydrogens (tertiary/aromatic N) is 1. The maximum absolute atomic E-state index is 13.3. The number of alkyl halides is 6. The topological polar surface area (TPSA) is 80.3 Å². The molecule has 1 aliphatic rings. The first-order chi connectivity index (χ1) is 16.7. The second-order valence-electron chi connectivity index (χ2n) is 8.24. The van der Waals surface area contributed by atoms with Gasteiger partial charge in [-0.05, 0) is 30.7 Å². The first-order valence-corrected chi connectivity index (χ1v) is 10.8. The molecule has 0 unspecified atom stereocenters. The molecular weight excluding hydrogens is 523 g/mol. The number of aromatic nitrogens is 1. The minimum atomic E-state index is -4.83. The highest BCUT2D eigenvalue weighted by molar-refractivity contribution is 6.31. The van der Waals surface area contributed by atoms with Crippen LogP contribution in [0.4, 0.5) is 42.1 Å². The second kappa shape index (κ2) is 10.6. The van der Waals surface area contributed by atoms with Gasteiger partial charge in [-0.15, -0.1) is 0 Å². The number of ether oxygens (including phenoxy) is 1. The van der Waals surface area contributed by atoms with Crippen molar-refractivity contribution in [3.63, 3.8) is 0 Å². The van der Waals surface area contributed by atoms with Crippen molar-refractivity contribution in [3.05, 3.63) is 52.6 Å². The highest BCUT2D eigenvalue weighted by Gasteiger charge is 2.45. The number of carbonyl (C=O) groups excluding carboxylic acids is 2. The Hall–Kier alpha value is -2.93. The number of hydrogen-bond acceptors (Lipinski definition) is 5. The molecule has 1 aliphatic heterocycles. The molecule has 0 radical (unpaired) electrons. The average Bonchev–Trinajstić information content (AvgIpc) is 3.21. The predicted molar refractivity (Wildman–Crippen MR) is 114 cm³/mol. The van der Waals surface area contributed by atoms with E-state index < -0.39 is 59.4 Å². The van der Waals surface area contributed by atoms with Gasteiger partial charge < -0.3 is 15.4 Å². The van der Waals surface area contributed by atoms with E-state index in [2.05, 4.69) is 15.6 Å². The van der Waals surface area contributed by atoms with Gasteiger partial charge >= 0.3 is 12.4 Å². The Balaban J connectivity index is 1.69. The Labute approximate surface area is 205 Å². The Morgan fingerprint density at radius 1 is 1.14 bits per heavy atom. The maximum Gasteiger partial charge on any atom is 0.418 e. The van der Waals surface area contributed by atoms with Gasteiger partial charge in [-0.1, -0.05) is 11.6 Å². The van der Waals surface area contributed by atoms with Crippen molar-refractivity contribution in [2.24, 2.45) is 5.41 Å². The maximum atomic E-state index is 13.3. The van der Waals surface area contributed by atoms with Crippen molar-refractivity contribution in [2.75, 3.05) is 18.5 Å². The summed E-state index contributed by atoms with van der Waals surface area (Å²) < 4.78 is 95.6. The molecule has 1 amide bonds. The zero-order valence-electron chi connectivity index (χ0n) is 18.3. The summed E-state index contributed by atoms with van der Waals surface area (Å²) >= 11 is 6.15. The standard InChI is InChI=1S/C22H19ClF7N3O3/c23-16-6-13(33-17-2-1-12(24)5-15(17)22(28,29)30)9-31-18(16)10-32-19(35)20(3-4-36-11-20)7-14(34)8-21(25,26)27/h1-2,5-6,9,33H,3-4,7-8,10-11H2,(H,32,35)/t20-/m0/s1. The first-order valence-electron chi connectivity index (χ1n) is 10.4. The summed E-state index contributed by atoms with van der Waals surface area (Å²) in [5, 5.41) is 4.91. The Kier molecular flexibility index (Phi) is 8.13. The Morgan fingerprint density at radius 2 is 1.86 bits per heavy atom. The van der Waals surface area contributed by atoms with Gasteiger partial charge in [0.25, 0.3) is 0 Å².